The number of ether oxygens (including phenoxy) is 1. The summed E-state index contributed by atoms with van der Waals surface area (Å²) in [5.41, 5.74) is 1.41. The van der Waals surface area contributed by atoms with E-state index < -0.39 is 0 Å². The lowest BCUT2D eigenvalue weighted by atomic mass is 10.0. The number of hydrogen-bond acceptors (Lipinski definition) is 2. The third-order valence-corrected chi connectivity index (χ3v) is 4.35. The summed E-state index contributed by atoms with van der Waals surface area (Å²) in [5, 5.41) is 0. The molecule has 2 aromatic rings. The summed E-state index contributed by atoms with van der Waals surface area (Å²) >= 11 is 0. The number of nitrogens with one attached hydrogen (secondary N) is 1. The highest BCUT2D eigenvalue weighted by atomic mass is 16.5. The van der Waals surface area contributed by atoms with Crippen molar-refractivity contribution in [1.82, 2.24) is 0 Å². The molecule has 0 spiro atoms. The van der Waals surface area contributed by atoms with Gasteiger partial charge in [0.25, 0.3) is 0 Å². The van der Waals surface area contributed by atoms with Crippen molar-refractivity contribution in [3.63, 3.8) is 0 Å². The smallest absolute Gasteiger partial charge is 0.193 e. The number of rotatable bonds is 10. The van der Waals surface area contributed by atoms with Gasteiger partial charge in [0.15, 0.2) is 5.78 Å². The zero-order chi connectivity index (χ0) is 17.2. The first-order valence-electron chi connectivity index (χ1n) is 8.90. The van der Waals surface area contributed by atoms with Gasteiger partial charge in [-0.05, 0) is 51.0 Å². The molecule has 0 heterocycles. The molecule has 0 aliphatic rings. The molecule has 0 aliphatic carbocycles. The molecule has 0 radical (unpaired) electrons. The first-order valence-corrected chi connectivity index (χ1v) is 8.90. The van der Waals surface area contributed by atoms with Crippen molar-refractivity contribution in [2.24, 2.45) is 0 Å². The average molecular weight is 326 g/mol. The van der Waals surface area contributed by atoms with Gasteiger partial charge in [0, 0.05) is 11.1 Å². The quantitative estimate of drug-likeness (QED) is 0.537. The molecule has 0 aromatic heterocycles. The van der Waals surface area contributed by atoms with Crippen molar-refractivity contribution in [2.75, 3.05) is 26.2 Å². The molecule has 2 rings (SSSR count). The van der Waals surface area contributed by atoms with E-state index in [9.17, 15) is 4.79 Å². The van der Waals surface area contributed by atoms with Gasteiger partial charge in [-0.25, -0.2) is 0 Å². The number of benzene rings is 2. The van der Waals surface area contributed by atoms with Crippen LogP contribution in [-0.4, -0.2) is 32.0 Å². The Balaban J connectivity index is 1.77. The normalized spacial score (nSPS) is 10.8. The van der Waals surface area contributed by atoms with Gasteiger partial charge in [-0.2, -0.15) is 0 Å². The molecule has 0 fully saturated rings. The molecule has 1 N–H and O–H groups in total. The molecule has 0 saturated heterocycles. The zero-order valence-electron chi connectivity index (χ0n) is 14.8. The van der Waals surface area contributed by atoms with Crippen LogP contribution in [0, 0.1) is 0 Å². The van der Waals surface area contributed by atoms with Gasteiger partial charge >= 0.3 is 0 Å². The predicted octanol–water partition coefficient (Wildman–Crippen LogP) is 3.00. The molecular formula is C21H28NO2+. The highest BCUT2D eigenvalue weighted by Gasteiger charge is 2.08. The van der Waals surface area contributed by atoms with E-state index >= 15 is 0 Å². The minimum absolute atomic E-state index is 0.0457. The molecule has 24 heavy (non-hydrogen) atoms. The highest BCUT2D eigenvalue weighted by Crippen LogP contribution is 2.15. The standard InChI is InChI=1S/C21H27NO2/c1-3-22(4-2)16-8-9-17-24-20-14-12-19(13-15-20)21(23)18-10-6-5-7-11-18/h5-7,10-15H,3-4,8-9,16-17H2,1-2H3/p+1. The molecule has 2 aromatic carbocycles. The first-order chi connectivity index (χ1) is 11.7. The monoisotopic (exact) mass is 326 g/mol. The first kappa shape index (κ1) is 18.2. The minimum Gasteiger partial charge on any atom is -0.494 e. The zero-order valence-corrected chi connectivity index (χ0v) is 14.8. The van der Waals surface area contributed by atoms with Crippen molar-refractivity contribution < 1.29 is 14.4 Å². The van der Waals surface area contributed by atoms with Crippen LogP contribution in [0.1, 0.15) is 42.6 Å². The van der Waals surface area contributed by atoms with Crippen molar-refractivity contribution in [3.05, 3.63) is 65.7 Å². The Morgan fingerprint density at radius 3 is 2.12 bits per heavy atom. The summed E-state index contributed by atoms with van der Waals surface area (Å²) < 4.78 is 5.77. The summed E-state index contributed by atoms with van der Waals surface area (Å²) in [4.78, 5) is 14.0. The Morgan fingerprint density at radius 2 is 1.50 bits per heavy atom. The van der Waals surface area contributed by atoms with E-state index in [0.29, 0.717) is 11.1 Å². The third-order valence-electron chi connectivity index (χ3n) is 4.35. The van der Waals surface area contributed by atoms with E-state index in [0.717, 1.165) is 18.8 Å². The lowest BCUT2D eigenvalue weighted by Gasteiger charge is -2.15. The van der Waals surface area contributed by atoms with Gasteiger partial charge in [-0.1, -0.05) is 30.3 Å². The van der Waals surface area contributed by atoms with Gasteiger partial charge < -0.3 is 9.64 Å². The maximum Gasteiger partial charge on any atom is 0.193 e. The number of unbranched alkanes of at least 4 members (excludes halogenated alkanes) is 1. The number of carbonyl (C=O) groups is 1. The van der Waals surface area contributed by atoms with Crippen molar-refractivity contribution in [2.45, 2.75) is 26.7 Å². The van der Waals surface area contributed by atoms with E-state index in [1.165, 1.54) is 26.1 Å². The van der Waals surface area contributed by atoms with Gasteiger partial charge in [0.05, 0.1) is 26.2 Å². The summed E-state index contributed by atoms with van der Waals surface area (Å²) in [6, 6.07) is 16.8. The van der Waals surface area contributed by atoms with Crippen LogP contribution < -0.4 is 9.64 Å². The molecule has 0 aliphatic heterocycles. The number of carbonyl (C=O) groups excluding carboxylic acids is 1. The minimum atomic E-state index is 0.0457. The summed E-state index contributed by atoms with van der Waals surface area (Å²) in [7, 11) is 0. The Labute approximate surface area is 145 Å². The fraction of sp³-hybridized carbons (Fsp3) is 0.381. The topological polar surface area (TPSA) is 30.7 Å². The Kier molecular flexibility index (Phi) is 7.50. The fourth-order valence-corrected chi connectivity index (χ4v) is 2.73. The predicted molar refractivity (Wildman–Crippen MR) is 98.0 cm³/mol. The summed E-state index contributed by atoms with van der Waals surface area (Å²) in [6.07, 6.45) is 2.25. The van der Waals surface area contributed by atoms with Gasteiger partial charge in [0.2, 0.25) is 0 Å². The number of ketones is 1. The van der Waals surface area contributed by atoms with Crippen molar-refractivity contribution in [3.8, 4) is 5.75 Å². The van der Waals surface area contributed by atoms with Crippen LogP contribution >= 0.6 is 0 Å². The number of quaternary nitrogens is 1. The highest BCUT2D eigenvalue weighted by molar-refractivity contribution is 6.08. The largest absolute Gasteiger partial charge is 0.494 e. The van der Waals surface area contributed by atoms with Gasteiger partial charge in [-0.15, -0.1) is 0 Å². The Morgan fingerprint density at radius 1 is 0.875 bits per heavy atom. The second kappa shape index (κ2) is 9.89. The van der Waals surface area contributed by atoms with Crippen LogP contribution in [0.15, 0.2) is 54.6 Å². The molecule has 0 unspecified atom stereocenters. The molecule has 128 valence electrons. The lowest BCUT2D eigenvalue weighted by molar-refractivity contribution is -0.896. The molecular weight excluding hydrogens is 298 g/mol. The SMILES string of the molecule is CC[NH+](CC)CCCCOc1ccc(C(=O)c2ccccc2)cc1. The molecule has 0 atom stereocenters. The van der Waals surface area contributed by atoms with Crippen LogP contribution in [0.2, 0.25) is 0 Å². The van der Waals surface area contributed by atoms with Crippen LogP contribution in [0.4, 0.5) is 0 Å². The molecule has 0 amide bonds. The Bertz CT molecular complexity index is 603. The Hall–Kier alpha value is -2.13. The van der Waals surface area contributed by atoms with Gasteiger partial charge in [-0.3, -0.25) is 4.79 Å². The second-order valence-corrected chi connectivity index (χ2v) is 5.98. The molecule has 0 saturated carbocycles. The average Bonchev–Trinajstić information content (AvgIpc) is 2.65. The van der Waals surface area contributed by atoms with E-state index in [4.69, 9.17) is 4.74 Å². The van der Waals surface area contributed by atoms with Gasteiger partial charge in [0.1, 0.15) is 5.75 Å². The molecule has 3 nitrogen and oxygen atoms in total. The van der Waals surface area contributed by atoms with Crippen molar-refractivity contribution >= 4 is 5.78 Å². The summed E-state index contributed by atoms with van der Waals surface area (Å²) in [5.74, 6) is 0.874. The van der Waals surface area contributed by atoms with E-state index in [1.54, 1.807) is 4.90 Å². The number of hydrogen-bond donors (Lipinski definition) is 1. The maximum atomic E-state index is 12.3. The van der Waals surface area contributed by atoms with E-state index in [-0.39, 0.29) is 5.78 Å². The molecule has 0 bridgehead atoms. The second-order valence-electron chi connectivity index (χ2n) is 5.98. The van der Waals surface area contributed by atoms with Crippen LogP contribution in [0.3, 0.4) is 0 Å². The van der Waals surface area contributed by atoms with E-state index in [1.807, 2.05) is 54.6 Å². The maximum absolute atomic E-state index is 12.3. The lowest BCUT2D eigenvalue weighted by Crippen LogP contribution is -3.11. The fourth-order valence-electron chi connectivity index (χ4n) is 2.73. The van der Waals surface area contributed by atoms with Crippen LogP contribution in [0.25, 0.3) is 0 Å². The third kappa shape index (κ3) is 5.50. The van der Waals surface area contributed by atoms with E-state index in [2.05, 4.69) is 13.8 Å². The van der Waals surface area contributed by atoms with Crippen LogP contribution in [-0.2, 0) is 0 Å². The molecule has 3 heteroatoms. The van der Waals surface area contributed by atoms with Crippen molar-refractivity contribution in [1.29, 1.82) is 0 Å². The van der Waals surface area contributed by atoms with Crippen LogP contribution in [0.5, 0.6) is 5.75 Å². The summed E-state index contributed by atoms with van der Waals surface area (Å²) in [6.45, 7) is 8.78.